The fourth-order valence-corrected chi connectivity index (χ4v) is 7.29. The average Bonchev–Trinajstić information content (AvgIpc) is 3.32. The van der Waals surface area contributed by atoms with Crippen molar-refractivity contribution in [2.45, 2.75) is 77.5 Å². The second-order valence-corrected chi connectivity index (χ2v) is 11.6. The second kappa shape index (κ2) is 11.0. The van der Waals surface area contributed by atoms with Crippen LogP contribution in [0.2, 0.25) is 0 Å². The number of carbonyl (C=O) groups is 3. The summed E-state index contributed by atoms with van der Waals surface area (Å²) in [5.74, 6) is -0.397. The standard InChI is InChI=1S/C28H41N3O6/c1-18(33)29-20-12-14-31(16-20)25(35)15-21-22(34)9-10-23-27(21,2)13-11-24(28(23,3)17-32)37-26(36)30-19-7-5-4-6-8-19/h4-8,20-24,32,34H,9-17H2,1-3H3,(H,29,33)(H,30,36)/t20-,21+,22+,23?,24+,27-,28-/m0/s1. The number of amides is 3. The van der Waals surface area contributed by atoms with E-state index in [-0.39, 0.29) is 42.7 Å². The van der Waals surface area contributed by atoms with Gasteiger partial charge in [0.1, 0.15) is 6.10 Å². The van der Waals surface area contributed by atoms with Crippen LogP contribution in [0.25, 0.3) is 0 Å². The van der Waals surface area contributed by atoms with Gasteiger partial charge in [-0.2, -0.15) is 0 Å². The van der Waals surface area contributed by atoms with Crippen molar-refractivity contribution < 1.29 is 29.3 Å². The highest BCUT2D eigenvalue weighted by Crippen LogP contribution is 2.61. The maximum Gasteiger partial charge on any atom is 0.411 e. The molecule has 1 aromatic rings. The van der Waals surface area contributed by atoms with Crippen LogP contribution in [0, 0.1) is 22.7 Å². The van der Waals surface area contributed by atoms with Crippen molar-refractivity contribution in [2.24, 2.45) is 22.7 Å². The minimum absolute atomic E-state index is 0.00918. The zero-order valence-corrected chi connectivity index (χ0v) is 22.1. The van der Waals surface area contributed by atoms with Crippen molar-refractivity contribution in [3.63, 3.8) is 0 Å². The van der Waals surface area contributed by atoms with E-state index in [0.29, 0.717) is 44.5 Å². The Balaban J connectivity index is 1.46. The number of nitrogens with one attached hydrogen (secondary N) is 2. The number of benzene rings is 1. The zero-order valence-electron chi connectivity index (χ0n) is 22.1. The molecule has 1 aromatic carbocycles. The maximum atomic E-state index is 13.3. The highest BCUT2D eigenvalue weighted by molar-refractivity contribution is 5.84. The number of aliphatic hydroxyl groups excluding tert-OH is 2. The van der Waals surface area contributed by atoms with E-state index >= 15 is 0 Å². The largest absolute Gasteiger partial charge is 0.445 e. The molecule has 2 aliphatic carbocycles. The summed E-state index contributed by atoms with van der Waals surface area (Å²) in [6.07, 6.45) is 1.75. The molecule has 7 atom stereocenters. The van der Waals surface area contributed by atoms with E-state index in [4.69, 9.17) is 4.74 Å². The number of rotatable bonds is 6. The number of aliphatic hydroxyl groups is 2. The first-order chi connectivity index (χ1) is 17.6. The Morgan fingerprint density at radius 1 is 1.11 bits per heavy atom. The quantitative estimate of drug-likeness (QED) is 0.461. The van der Waals surface area contributed by atoms with Crippen molar-refractivity contribution in [1.82, 2.24) is 10.2 Å². The molecule has 0 spiro atoms. The van der Waals surface area contributed by atoms with Crippen LogP contribution in [0.4, 0.5) is 10.5 Å². The van der Waals surface area contributed by atoms with Crippen LogP contribution in [-0.2, 0) is 14.3 Å². The van der Waals surface area contributed by atoms with Crippen molar-refractivity contribution in [2.75, 3.05) is 25.0 Å². The molecule has 2 saturated carbocycles. The molecule has 1 unspecified atom stereocenters. The Morgan fingerprint density at radius 3 is 2.51 bits per heavy atom. The number of hydrogen-bond donors (Lipinski definition) is 4. The molecule has 1 aliphatic heterocycles. The Kier molecular flexibility index (Phi) is 8.14. The summed E-state index contributed by atoms with van der Waals surface area (Å²) < 4.78 is 5.88. The molecule has 0 aromatic heterocycles. The zero-order chi connectivity index (χ0) is 26.8. The van der Waals surface area contributed by atoms with E-state index in [1.54, 1.807) is 17.0 Å². The van der Waals surface area contributed by atoms with Crippen LogP contribution in [0.5, 0.6) is 0 Å². The molecule has 0 bridgehead atoms. The van der Waals surface area contributed by atoms with Gasteiger partial charge in [-0.05, 0) is 61.5 Å². The number of para-hydroxylation sites is 1. The fraction of sp³-hybridized carbons (Fsp3) is 0.679. The van der Waals surface area contributed by atoms with E-state index in [1.807, 2.05) is 25.1 Å². The number of ether oxygens (including phenoxy) is 1. The van der Waals surface area contributed by atoms with E-state index in [9.17, 15) is 24.6 Å². The normalized spacial score (nSPS) is 35.4. The molecule has 3 fully saturated rings. The third-order valence-electron chi connectivity index (χ3n) is 9.29. The van der Waals surface area contributed by atoms with Crippen LogP contribution < -0.4 is 10.6 Å². The van der Waals surface area contributed by atoms with Crippen LogP contribution >= 0.6 is 0 Å². The van der Waals surface area contributed by atoms with Gasteiger partial charge in [0.25, 0.3) is 0 Å². The molecular weight excluding hydrogens is 474 g/mol. The molecular formula is C28H41N3O6. The first kappa shape index (κ1) is 27.4. The summed E-state index contributed by atoms with van der Waals surface area (Å²) in [4.78, 5) is 39.2. The van der Waals surface area contributed by atoms with Gasteiger partial charge in [0.15, 0.2) is 0 Å². The highest BCUT2D eigenvalue weighted by atomic mass is 16.6. The number of hydrogen-bond acceptors (Lipinski definition) is 6. The summed E-state index contributed by atoms with van der Waals surface area (Å²) in [5, 5.41) is 27.3. The lowest BCUT2D eigenvalue weighted by Gasteiger charge is -2.60. The van der Waals surface area contributed by atoms with Gasteiger partial charge in [0, 0.05) is 43.6 Å². The summed E-state index contributed by atoms with van der Waals surface area (Å²) in [6.45, 7) is 6.49. The first-order valence-corrected chi connectivity index (χ1v) is 13.4. The predicted octanol–water partition coefficient (Wildman–Crippen LogP) is 2.92. The molecule has 37 heavy (non-hydrogen) atoms. The summed E-state index contributed by atoms with van der Waals surface area (Å²) in [7, 11) is 0. The van der Waals surface area contributed by atoms with Gasteiger partial charge < -0.3 is 25.2 Å². The van der Waals surface area contributed by atoms with Gasteiger partial charge >= 0.3 is 6.09 Å². The molecule has 204 valence electrons. The lowest BCUT2D eigenvalue weighted by atomic mass is 9.46. The molecule has 3 amide bonds. The van der Waals surface area contributed by atoms with Gasteiger partial charge in [0.05, 0.1) is 12.7 Å². The summed E-state index contributed by atoms with van der Waals surface area (Å²) >= 11 is 0. The predicted molar refractivity (Wildman–Crippen MR) is 139 cm³/mol. The lowest BCUT2D eigenvalue weighted by molar-refractivity contribution is -0.186. The average molecular weight is 516 g/mol. The van der Waals surface area contributed by atoms with E-state index < -0.39 is 29.1 Å². The summed E-state index contributed by atoms with van der Waals surface area (Å²) in [5.41, 5.74) is -0.454. The summed E-state index contributed by atoms with van der Waals surface area (Å²) in [6, 6.07) is 9.06. The monoisotopic (exact) mass is 515 g/mol. The minimum atomic E-state index is -0.702. The first-order valence-electron chi connectivity index (χ1n) is 13.4. The van der Waals surface area contributed by atoms with E-state index in [0.717, 1.165) is 6.42 Å². The molecule has 9 heteroatoms. The minimum Gasteiger partial charge on any atom is -0.445 e. The van der Waals surface area contributed by atoms with Gasteiger partial charge in [-0.1, -0.05) is 32.0 Å². The smallest absolute Gasteiger partial charge is 0.411 e. The van der Waals surface area contributed by atoms with E-state index in [2.05, 4.69) is 17.6 Å². The Morgan fingerprint density at radius 2 is 1.84 bits per heavy atom. The van der Waals surface area contributed by atoms with Gasteiger partial charge in [-0.15, -0.1) is 0 Å². The highest BCUT2D eigenvalue weighted by Gasteiger charge is 2.60. The molecule has 4 rings (SSSR count). The number of nitrogens with zero attached hydrogens (tertiary/aromatic N) is 1. The van der Waals surface area contributed by atoms with Crippen molar-refractivity contribution in [3.05, 3.63) is 30.3 Å². The van der Waals surface area contributed by atoms with Crippen LogP contribution in [0.3, 0.4) is 0 Å². The molecule has 1 heterocycles. The Bertz CT molecular complexity index is 989. The molecule has 9 nitrogen and oxygen atoms in total. The fourth-order valence-electron chi connectivity index (χ4n) is 7.29. The molecule has 4 N–H and O–H groups in total. The number of anilines is 1. The molecule has 3 aliphatic rings. The number of likely N-dealkylation sites (tertiary alicyclic amines) is 1. The second-order valence-electron chi connectivity index (χ2n) is 11.6. The van der Waals surface area contributed by atoms with Crippen molar-refractivity contribution in [3.8, 4) is 0 Å². The Labute approximate surface area is 218 Å². The van der Waals surface area contributed by atoms with Crippen LogP contribution in [0.1, 0.15) is 59.3 Å². The van der Waals surface area contributed by atoms with Crippen molar-refractivity contribution >= 4 is 23.6 Å². The Hall–Kier alpha value is -2.65. The maximum absolute atomic E-state index is 13.3. The van der Waals surface area contributed by atoms with Crippen molar-refractivity contribution in [1.29, 1.82) is 0 Å². The third-order valence-corrected chi connectivity index (χ3v) is 9.29. The molecule has 1 saturated heterocycles. The van der Waals surface area contributed by atoms with Gasteiger partial charge in [-0.3, -0.25) is 14.9 Å². The van der Waals surface area contributed by atoms with Crippen LogP contribution in [0.15, 0.2) is 30.3 Å². The number of carbonyl (C=O) groups excluding carboxylic acids is 3. The number of fused-ring (bicyclic) bond motifs is 1. The third kappa shape index (κ3) is 5.62. The van der Waals surface area contributed by atoms with Crippen LogP contribution in [-0.4, -0.2) is 71.0 Å². The topological polar surface area (TPSA) is 128 Å². The lowest BCUT2D eigenvalue weighted by Crippen LogP contribution is -2.61. The van der Waals surface area contributed by atoms with Gasteiger partial charge in [0.2, 0.25) is 11.8 Å². The SMILES string of the molecule is CC(=O)N[C@H]1CCN(C(=O)C[C@@H]2[C@H](O)CCC3[C@](C)(CO)[C@H](OC(=O)Nc4ccccc4)CC[C@]32C)C1. The van der Waals surface area contributed by atoms with E-state index in [1.165, 1.54) is 6.92 Å². The van der Waals surface area contributed by atoms with Gasteiger partial charge in [-0.25, -0.2) is 4.79 Å². The molecule has 0 radical (unpaired) electrons.